The van der Waals surface area contributed by atoms with Crippen LogP contribution in [0.4, 0.5) is 32.0 Å². The molecule has 10 heteroatoms. The molecule has 0 fully saturated rings. The third-order valence-corrected chi connectivity index (χ3v) is 3.99. The molecule has 30 heavy (non-hydrogen) atoms. The van der Waals surface area contributed by atoms with Crippen molar-refractivity contribution in [3.8, 4) is 0 Å². The van der Waals surface area contributed by atoms with Crippen molar-refractivity contribution in [2.45, 2.75) is 25.7 Å². The molecule has 0 aliphatic rings. The van der Waals surface area contributed by atoms with E-state index in [4.69, 9.17) is 0 Å². The van der Waals surface area contributed by atoms with E-state index in [9.17, 15) is 41.0 Å². The summed E-state index contributed by atoms with van der Waals surface area (Å²) in [6.07, 6.45) is -7.87. The molecular weight excluding hydrogens is 416 g/mol. The first-order valence-corrected chi connectivity index (χ1v) is 8.46. The van der Waals surface area contributed by atoms with E-state index in [0.29, 0.717) is 12.1 Å². The lowest BCUT2D eigenvalue weighted by atomic mass is 10.0. The first kappa shape index (κ1) is 23.0. The Labute approximate surface area is 166 Å². The van der Waals surface area contributed by atoms with E-state index in [-0.39, 0.29) is 28.8 Å². The van der Waals surface area contributed by atoms with Crippen molar-refractivity contribution in [2.75, 3.05) is 5.32 Å². The smallest absolute Gasteiger partial charge is 0.417 e. The zero-order chi connectivity index (χ0) is 22.7. The summed E-state index contributed by atoms with van der Waals surface area (Å²) < 4.78 is 77.5. The maximum Gasteiger partial charge on any atom is 0.417 e. The van der Waals surface area contributed by atoms with Gasteiger partial charge in [-0.15, -0.1) is 0 Å². The van der Waals surface area contributed by atoms with Crippen LogP contribution in [0.2, 0.25) is 0 Å². The first-order chi connectivity index (χ1) is 13.8. The highest BCUT2D eigenvalue weighted by atomic mass is 19.4. The van der Waals surface area contributed by atoms with Gasteiger partial charge in [0.1, 0.15) is 0 Å². The molecule has 0 aromatic heterocycles. The lowest BCUT2D eigenvalue weighted by Gasteiger charge is -2.15. The number of hydrogen-bond donors (Lipinski definition) is 2. The molecular formula is C20H15F6NO3. The van der Waals surface area contributed by atoms with Gasteiger partial charge < -0.3 is 10.4 Å². The van der Waals surface area contributed by atoms with Crippen molar-refractivity contribution in [3.05, 3.63) is 64.2 Å². The summed E-state index contributed by atoms with van der Waals surface area (Å²) in [5.41, 5.74) is -3.72. The molecule has 160 valence electrons. The fourth-order valence-corrected chi connectivity index (χ4v) is 2.53. The van der Waals surface area contributed by atoms with E-state index >= 15 is 0 Å². The Hall–Kier alpha value is -3.30. The number of alkyl halides is 6. The molecule has 4 nitrogen and oxygen atoms in total. The minimum Gasteiger partial charge on any atom is -0.478 e. The highest BCUT2D eigenvalue weighted by Gasteiger charge is 2.42. The summed E-state index contributed by atoms with van der Waals surface area (Å²) in [4.78, 5) is 22.9. The summed E-state index contributed by atoms with van der Waals surface area (Å²) in [6.45, 7) is 1.58. The predicted molar refractivity (Wildman–Crippen MR) is 97.7 cm³/mol. The van der Waals surface area contributed by atoms with Crippen molar-refractivity contribution in [1.82, 2.24) is 0 Å². The van der Waals surface area contributed by atoms with E-state index in [1.54, 1.807) is 6.92 Å². The molecule has 0 bridgehead atoms. The van der Waals surface area contributed by atoms with Crippen LogP contribution in [0, 0.1) is 0 Å². The summed E-state index contributed by atoms with van der Waals surface area (Å²) in [6, 6.07) is 5.48. The van der Waals surface area contributed by atoms with Gasteiger partial charge in [0.2, 0.25) is 5.91 Å². The fraction of sp³-hybridized carbons (Fsp3) is 0.200. The van der Waals surface area contributed by atoms with Gasteiger partial charge in [0, 0.05) is 6.42 Å². The number of amides is 1. The number of carboxylic acids is 1. The molecule has 0 heterocycles. The largest absolute Gasteiger partial charge is 0.478 e. The van der Waals surface area contributed by atoms with Crippen LogP contribution in [0.5, 0.6) is 0 Å². The monoisotopic (exact) mass is 431 g/mol. The van der Waals surface area contributed by atoms with Gasteiger partial charge >= 0.3 is 18.3 Å². The van der Waals surface area contributed by atoms with E-state index < -0.39 is 35.4 Å². The van der Waals surface area contributed by atoms with Crippen LogP contribution in [0.1, 0.15) is 46.0 Å². The van der Waals surface area contributed by atoms with E-state index in [0.717, 1.165) is 12.1 Å². The normalized spacial score (nSPS) is 12.2. The van der Waals surface area contributed by atoms with E-state index in [1.165, 1.54) is 24.3 Å². The highest BCUT2D eigenvalue weighted by Crippen LogP contribution is 2.40. The Bertz CT molecular complexity index is 993. The Morgan fingerprint density at radius 1 is 0.900 bits per heavy atom. The predicted octanol–water partition coefficient (Wildman–Crippen LogP) is 5.94. The second kappa shape index (κ2) is 8.60. The Morgan fingerprint density at radius 3 is 1.93 bits per heavy atom. The van der Waals surface area contributed by atoms with Crippen molar-refractivity contribution >= 4 is 29.7 Å². The van der Waals surface area contributed by atoms with E-state index in [1.807, 2.05) is 0 Å². The molecule has 2 N–H and O–H groups in total. The molecule has 0 aliphatic heterocycles. The summed E-state index contributed by atoms with van der Waals surface area (Å²) >= 11 is 0. The maximum atomic E-state index is 13.0. The number of hydrogen-bond acceptors (Lipinski definition) is 2. The number of nitrogens with one attached hydrogen (secondary N) is 1. The number of carbonyl (C=O) groups is 2. The number of aromatic carboxylic acids is 1. The fourth-order valence-electron chi connectivity index (χ4n) is 2.53. The van der Waals surface area contributed by atoms with Crippen LogP contribution in [-0.2, 0) is 17.1 Å². The second-order valence-electron chi connectivity index (χ2n) is 6.15. The molecule has 2 rings (SSSR count). The quantitative estimate of drug-likeness (QED) is 0.455. The number of carboxylic acid groups (broad SMARTS) is 1. The maximum absolute atomic E-state index is 13.0. The first-order valence-electron chi connectivity index (χ1n) is 8.46. The summed E-state index contributed by atoms with van der Waals surface area (Å²) in [5.74, 6) is -1.75. The molecule has 0 saturated carbocycles. The molecule has 2 aromatic carbocycles. The summed E-state index contributed by atoms with van der Waals surface area (Å²) in [5, 5.41) is 11.7. The molecule has 1 amide bonds. The standard InChI is InChI=1S/C20H15F6NO3/c1-2-17(28)27-16-8-6-11(9-13(16)18(29)30)3-4-12-5-7-14(19(21,22)23)15(10-12)20(24,25)26/h3-10H,2H2,1H3,(H,27,28)(H,29,30)/b4-3+. The SMILES string of the molecule is CCC(=O)Nc1ccc(/C=C/c2ccc(C(F)(F)F)c(C(F)(F)F)c2)cc1C(=O)O. The average Bonchev–Trinajstić information content (AvgIpc) is 2.65. The molecule has 0 saturated heterocycles. The summed E-state index contributed by atoms with van der Waals surface area (Å²) in [7, 11) is 0. The third-order valence-electron chi connectivity index (χ3n) is 3.99. The van der Waals surface area contributed by atoms with Crippen LogP contribution in [0.25, 0.3) is 12.2 Å². The van der Waals surface area contributed by atoms with Gasteiger partial charge in [0.05, 0.1) is 22.4 Å². The zero-order valence-electron chi connectivity index (χ0n) is 15.4. The topological polar surface area (TPSA) is 66.4 Å². The van der Waals surface area contributed by atoms with Crippen LogP contribution >= 0.6 is 0 Å². The van der Waals surface area contributed by atoms with Crippen molar-refractivity contribution in [2.24, 2.45) is 0 Å². The molecule has 0 atom stereocenters. The number of halogens is 6. The van der Waals surface area contributed by atoms with Crippen LogP contribution < -0.4 is 5.32 Å². The number of carbonyl (C=O) groups excluding carboxylic acids is 1. The van der Waals surface area contributed by atoms with Crippen molar-refractivity contribution < 1.29 is 41.0 Å². The van der Waals surface area contributed by atoms with E-state index in [2.05, 4.69) is 5.32 Å². The molecule has 0 aliphatic carbocycles. The second-order valence-corrected chi connectivity index (χ2v) is 6.15. The Balaban J connectivity index is 2.41. The van der Waals surface area contributed by atoms with Crippen LogP contribution in [0.15, 0.2) is 36.4 Å². The van der Waals surface area contributed by atoms with Gasteiger partial charge in [0.25, 0.3) is 0 Å². The van der Waals surface area contributed by atoms with Crippen LogP contribution in [-0.4, -0.2) is 17.0 Å². The molecule has 2 aromatic rings. The average molecular weight is 431 g/mol. The number of benzene rings is 2. The minimum absolute atomic E-state index is 0.0420. The molecule has 0 spiro atoms. The minimum atomic E-state index is -5.20. The van der Waals surface area contributed by atoms with Gasteiger partial charge in [-0.05, 0) is 35.4 Å². The van der Waals surface area contributed by atoms with Gasteiger partial charge in [-0.1, -0.05) is 31.2 Å². The third kappa shape index (κ3) is 5.62. The van der Waals surface area contributed by atoms with Gasteiger partial charge in [-0.3, -0.25) is 4.79 Å². The number of anilines is 1. The Kier molecular flexibility index (Phi) is 6.59. The van der Waals surface area contributed by atoms with Crippen molar-refractivity contribution in [3.63, 3.8) is 0 Å². The van der Waals surface area contributed by atoms with Gasteiger partial charge in [0.15, 0.2) is 0 Å². The highest BCUT2D eigenvalue weighted by molar-refractivity contribution is 6.01. The van der Waals surface area contributed by atoms with Gasteiger partial charge in [-0.2, -0.15) is 26.3 Å². The van der Waals surface area contributed by atoms with Crippen molar-refractivity contribution in [1.29, 1.82) is 0 Å². The molecule has 0 radical (unpaired) electrons. The zero-order valence-corrected chi connectivity index (χ0v) is 15.4. The number of rotatable bonds is 5. The lowest BCUT2D eigenvalue weighted by molar-refractivity contribution is -0.162. The lowest BCUT2D eigenvalue weighted by Crippen LogP contribution is -2.16. The molecule has 0 unspecified atom stereocenters. The van der Waals surface area contributed by atoms with Gasteiger partial charge in [-0.25, -0.2) is 4.79 Å². The van der Waals surface area contributed by atoms with Crippen LogP contribution in [0.3, 0.4) is 0 Å². The Morgan fingerprint density at radius 2 is 1.43 bits per heavy atom.